The Bertz CT molecular complexity index is 1100. The molecule has 0 aromatic heterocycles. The summed E-state index contributed by atoms with van der Waals surface area (Å²) in [6, 6.07) is 2.43. The highest BCUT2D eigenvalue weighted by molar-refractivity contribution is 7.89. The molecule has 2 saturated carbocycles. The smallest absolute Gasteiger partial charge is 0.416 e. The summed E-state index contributed by atoms with van der Waals surface area (Å²) < 4.78 is 74.2. The number of esters is 1. The second-order valence-electron chi connectivity index (χ2n) is 9.16. The first-order valence-corrected chi connectivity index (χ1v) is 13.2. The molecule has 0 radical (unpaired) electrons. The number of aliphatic imine (C=N–C) groups is 1. The average Bonchev–Trinajstić information content (AvgIpc) is 3.62. The molecule has 1 aromatic carbocycles. The van der Waals surface area contributed by atoms with Gasteiger partial charge in [-0.3, -0.25) is 9.79 Å². The molecule has 0 heterocycles. The van der Waals surface area contributed by atoms with E-state index in [1.165, 1.54) is 13.1 Å². The van der Waals surface area contributed by atoms with Crippen molar-refractivity contribution in [1.29, 1.82) is 5.41 Å². The molecule has 0 spiro atoms. The van der Waals surface area contributed by atoms with Crippen LogP contribution in [0.3, 0.4) is 0 Å². The molecule has 2 fully saturated rings. The molecular weight excluding hydrogens is 483 g/mol. The fraction of sp³-hybridized carbons (Fsp3) is 0.625. The summed E-state index contributed by atoms with van der Waals surface area (Å²) >= 11 is 0. The molecule has 194 valence electrons. The molecule has 1 N–H and O–H groups in total. The maximum Gasteiger partial charge on any atom is 0.416 e. The Balaban J connectivity index is 1.97. The van der Waals surface area contributed by atoms with E-state index in [0.29, 0.717) is 43.0 Å². The van der Waals surface area contributed by atoms with E-state index in [4.69, 9.17) is 10.1 Å². The number of halogens is 3. The third-order valence-corrected chi connectivity index (χ3v) is 9.01. The summed E-state index contributed by atoms with van der Waals surface area (Å²) in [5, 5.41) is 7.90. The van der Waals surface area contributed by atoms with Gasteiger partial charge in [0.15, 0.2) is 0 Å². The van der Waals surface area contributed by atoms with Gasteiger partial charge < -0.3 is 10.1 Å². The van der Waals surface area contributed by atoms with E-state index in [2.05, 4.69) is 4.99 Å². The molecule has 2 atom stereocenters. The quantitative estimate of drug-likeness (QED) is 0.384. The molecule has 2 unspecified atom stereocenters. The van der Waals surface area contributed by atoms with Crippen LogP contribution in [0.25, 0.3) is 0 Å². The molecule has 1 aromatic rings. The molecule has 7 nitrogen and oxygen atoms in total. The van der Waals surface area contributed by atoms with Gasteiger partial charge in [0.05, 0.1) is 17.1 Å². The Labute approximate surface area is 204 Å². The molecule has 35 heavy (non-hydrogen) atoms. The standard InChI is InChI=1S/C24H32F3N3O4S/c1-4-23(9-10-23)16-11-17(24(25,26)27)13-18(12-16)35(32,33)30(3)21-8-6-7-20(19(21)14-28)29-15-22(31)34-5-2/h11-14,19,21,28H,4-10,15H2,1-3H3. The number of nitrogens with one attached hydrogen (secondary N) is 1. The highest BCUT2D eigenvalue weighted by Crippen LogP contribution is 2.52. The number of hydrogen-bond acceptors (Lipinski definition) is 6. The van der Waals surface area contributed by atoms with Gasteiger partial charge in [-0.25, -0.2) is 8.42 Å². The maximum absolute atomic E-state index is 13.7. The lowest BCUT2D eigenvalue weighted by Gasteiger charge is -2.36. The fourth-order valence-corrected chi connectivity index (χ4v) is 6.27. The zero-order valence-corrected chi connectivity index (χ0v) is 21.0. The van der Waals surface area contributed by atoms with Gasteiger partial charge in [-0.2, -0.15) is 17.5 Å². The molecule has 11 heteroatoms. The van der Waals surface area contributed by atoms with Crippen LogP contribution in [0, 0.1) is 11.3 Å². The average molecular weight is 516 g/mol. The highest BCUT2D eigenvalue weighted by Gasteiger charge is 2.45. The molecule has 3 rings (SSSR count). The van der Waals surface area contributed by atoms with Gasteiger partial charge in [-0.15, -0.1) is 0 Å². The van der Waals surface area contributed by atoms with Crippen LogP contribution in [0.2, 0.25) is 0 Å². The summed E-state index contributed by atoms with van der Waals surface area (Å²) in [5.41, 5.74) is -0.491. The van der Waals surface area contributed by atoms with E-state index in [0.717, 1.165) is 29.4 Å². The summed E-state index contributed by atoms with van der Waals surface area (Å²) in [5.74, 6) is -1.21. The molecular formula is C24H32F3N3O4S. The zero-order chi connectivity index (χ0) is 26.0. The van der Waals surface area contributed by atoms with Gasteiger partial charge in [0.25, 0.3) is 0 Å². The predicted molar refractivity (Wildman–Crippen MR) is 126 cm³/mol. The number of sulfonamides is 1. The van der Waals surface area contributed by atoms with Crippen LogP contribution in [0.4, 0.5) is 13.2 Å². The Morgan fingerprint density at radius 2 is 1.97 bits per heavy atom. The fourth-order valence-electron chi connectivity index (χ4n) is 4.79. The van der Waals surface area contributed by atoms with Crippen LogP contribution in [0.5, 0.6) is 0 Å². The second-order valence-corrected chi connectivity index (χ2v) is 11.2. The number of rotatable bonds is 9. The minimum atomic E-state index is -4.68. The monoisotopic (exact) mass is 515 g/mol. The van der Waals surface area contributed by atoms with Crippen molar-refractivity contribution in [2.45, 2.75) is 74.9 Å². The Morgan fingerprint density at radius 1 is 1.29 bits per heavy atom. The first kappa shape index (κ1) is 27.3. The Hall–Kier alpha value is -2.27. The normalized spacial score (nSPS) is 23.3. The Kier molecular flexibility index (Phi) is 8.10. The Morgan fingerprint density at radius 3 is 2.51 bits per heavy atom. The van der Waals surface area contributed by atoms with E-state index < -0.39 is 50.0 Å². The van der Waals surface area contributed by atoms with E-state index >= 15 is 0 Å². The van der Waals surface area contributed by atoms with Gasteiger partial charge in [-0.05, 0) is 74.6 Å². The number of benzene rings is 1. The van der Waals surface area contributed by atoms with Crippen LogP contribution < -0.4 is 0 Å². The van der Waals surface area contributed by atoms with Crippen molar-refractivity contribution >= 4 is 27.9 Å². The first-order valence-electron chi connectivity index (χ1n) is 11.8. The molecule has 2 aliphatic rings. The summed E-state index contributed by atoms with van der Waals surface area (Å²) in [6.07, 6.45) is -0.0370. The van der Waals surface area contributed by atoms with Crippen molar-refractivity contribution in [1.82, 2.24) is 4.31 Å². The van der Waals surface area contributed by atoms with E-state index in [9.17, 15) is 26.4 Å². The lowest BCUT2D eigenvalue weighted by Crippen LogP contribution is -2.47. The van der Waals surface area contributed by atoms with Gasteiger partial charge in [0.2, 0.25) is 10.0 Å². The minimum absolute atomic E-state index is 0.208. The summed E-state index contributed by atoms with van der Waals surface area (Å²) in [7, 11) is -2.98. The number of alkyl halides is 3. The van der Waals surface area contributed by atoms with Crippen LogP contribution in [0.15, 0.2) is 28.1 Å². The van der Waals surface area contributed by atoms with Crippen molar-refractivity contribution in [3.05, 3.63) is 29.3 Å². The highest BCUT2D eigenvalue weighted by atomic mass is 32.2. The predicted octanol–water partition coefficient (Wildman–Crippen LogP) is 4.59. The number of carbonyl (C=O) groups excluding carboxylic acids is 1. The van der Waals surface area contributed by atoms with Crippen molar-refractivity contribution < 1.29 is 31.1 Å². The van der Waals surface area contributed by atoms with Gasteiger partial charge in [-0.1, -0.05) is 6.92 Å². The van der Waals surface area contributed by atoms with Gasteiger partial charge in [0, 0.05) is 30.9 Å². The largest absolute Gasteiger partial charge is 0.465 e. The summed E-state index contributed by atoms with van der Waals surface area (Å²) in [4.78, 5) is 15.6. The van der Waals surface area contributed by atoms with E-state index in [1.807, 2.05) is 6.92 Å². The molecule has 0 aliphatic heterocycles. The van der Waals surface area contributed by atoms with Crippen molar-refractivity contribution in [3.63, 3.8) is 0 Å². The number of carbonyl (C=O) groups is 1. The number of nitrogens with zero attached hydrogens (tertiary/aromatic N) is 2. The molecule has 0 saturated heterocycles. The molecule has 2 aliphatic carbocycles. The second kappa shape index (κ2) is 10.4. The van der Waals surface area contributed by atoms with E-state index in [1.54, 1.807) is 6.92 Å². The van der Waals surface area contributed by atoms with E-state index in [-0.39, 0.29) is 13.2 Å². The number of ether oxygens (including phenoxy) is 1. The van der Waals surface area contributed by atoms with Gasteiger partial charge >= 0.3 is 12.1 Å². The van der Waals surface area contributed by atoms with Crippen molar-refractivity contribution in [2.75, 3.05) is 20.2 Å². The van der Waals surface area contributed by atoms with Gasteiger partial charge in [0.1, 0.15) is 6.54 Å². The SMILES string of the molecule is CCOC(=O)CN=C1CCCC(N(C)S(=O)(=O)c2cc(C(F)(F)F)cc(C3(CC)CC3)c2)C1C=N. The lowest BCUT2D eigenvalue weighted by atomic mass is 9.83. The van der Waals surface area contributed by atoms with Crippen LogP contribution >= 0.6 is 0 Å². The van der Waals surface area contributed by atoms with Crippen LogP contribution in [-0.4, -0.2) is 56.9 Å². The summed E-state index contributed by atoms with van der Waals surface area (Å²) in [6.45, 7) is 3.54. The van der Waals surface area contributed by atoms with Crippen molar-refractivity contribution in [2.24, 2.45) is 10.9 Å². The topological polar surface area (TPSA) is 99.9 Å². The minimum Gasteiger partial charge on any atom is -0.465 e. The third kappa shape index (κ3) is 5.77. The third-order valence-electron chi connectivity index (χ3n) is 7.15. The van der Waals surface area contributed by atoms with Crippen LogP contribution in [-0.2, 0) is 31.1 Å². The molecule has 0 amide bonds. The number of hydrogen-bond donors (Lipinski definition) is 1. The van der Waals surface area contributed by atoms with Crippen LogP contribution in [0.1, 0.15) is 63.5 Å². The zero-order valence-electron chi connectivity index (χ0n) is 20.2. The maximum atomic E-state index is 13.7. The lowest BCUT2D eigenvalue weighted by molar-refractivity contribution is -0.141. The molecule has 0 bridgehead atoms. The first-order chi connectivity index (χ1) is 16.4. The van der Waals surface area contributed by atoms with Crippen molar-refractivity contribution in [3.8, 4) is 0 Å².